The minimum absolute atomic E-state index is 0.000455. The quantitative estimate of drug-likeness (QED) is 0.600. The van der Waals surface area contributed by atoms with Gasteiger partial charge < -0.3 is 30.3 Å². The molecule has 0 aliphatic carbocycles. The van der Waals surface area contributed by atoms with Gasteiger partial charge in [-0.05, 0) is 35.2 Å². The molecule has 3 N–H and O–H groups in total. The summed E-state index contributed by atoms with van der Waals surface area (Å²) < 4.78 is 5.50. The lowest BCUT2D eigenvalue weighted by atomic mass is 9.99. The van der Waals surface area contributed by atoms with Gasteiger partial charge in [-0.1, -0.05) is 30.3 Å². The van der Waals surface area contributed by atoms with E-state index in [2.05, 4.69) is 16.7 Å². The molecule has 1 fully saturated rings. The molecule has 10 heteroatoms. The predicted molar refractivity (Wildman–Crippen MR) is 129 cm³/mol. The fourth-order valence-corrected chi connectivity index (χ4v) is 4.18. The van der Waals surface area contributed by atoms with E-state index in [-0.39, 0.29) is 25.6 Å². The van der Waals surface area contributed by atoms with Crippen molar-refractivity contribution in [3.8, 4) is 17.2 Å². The molecule has 0 spiro atoms. The SMILES string of the molecule is CN1C(=O)CNc2ccc(-c3ccc(C[C@@H](C#N)NC(=O)[C@@H]4CN(C(=O)O)CCCO4)cc3)cc21. The van der Waals surface area contributed by atoms with Crippen molar-refractivity contribution < 1.29 is 24.2 Å². The Kier molecular flexibility index (Phi) is 7.17. The Bertz CT molecular complexity index is 1160. The first kappa shape index (κ1) is 24.0. The zero-order chi connectivity index (χ0) is 24.9. The molecule has 0 unspecified atom stereocenters. The summed E-state index contributed by atoms with van der Waals surface area (Å²) in [6.45, 7) is 0.799. The number of nitriles is 1. The van der Waals surface area contributed by atoms with E-state index in [0.29, 0.717) is 19.4 Å². The molecule has 2 heterocycles. The smallest absolute Gasteiger partial charge is 0.407 e. The van der Waals surface area contributed by atoms with Crippen LogP contribution in [-0.2, 0) is 20.7 Å². The van der Waals surface area contributed by atoms with Crippen molar-refractivity contribution in [2.24, 2.45) is 0 Å². The number of ether oxygens (including phenoxy) is 1. The number of benzene rings is 2. The third-order valence-corrected chi connectivity index (χ3v) is 6.20. The first-order valence-corrected chi connectivity index (χ1v) is 11.4. The normalized spacial score (nSPS) is 18.5. The number of hydrogen-bond donors (Lipinski definition) is 3. The van der Waals surface area contributed by atoms with Crippen LogP contribution in [0.25, 0.3) is 11.1 Å². The van der Waals surface area contributed by atoms with Crippen LogP contribution in [0.15, 0.2) is 42.5 Å². The summed E-state index contributed by atoms with van der Waals surface area (Å²) >= 11 is 0. The van der Waals surface area contributed by atoms with Crippen LogP contribution < -0.4 is 15.5 Å². The molecule has 0 radical (unpaired) electrons. The number of nitrogens with one attached hydrogen (secondary N) is 2. The highest BCUT2D eigenvalue weighted by molar-refractivity contribution is 6.03. The molecule has 182 valence electrons. The minimum atomic E-state index is -1.10. The molecule has 2 aromatic carbocycles. The molecule has 0 saturated carbocycles. The Balaban J connectivity index is 1.40. The molecular formula is C25H27N5O5. The van der Waals surface area contributed by atoms with Crippen molar-refractivity contribution >= 4 is 29.3 Å². The molecule has 35 heavy (non-hydrogen) atoms. The molecule has 2 aliphatic rings. The van der Waals surface area contributed by atoms with E-state index >= 15 is 0 Å². The monoisotopic (exact) mass is 477 g/mol. The number of fused-ring (bicyclic) bond motifs is 1. The molecule has 3 amide bonds. The number of hydrogen-bond acceptors (Lipinski definition) is 6. The van der Waals surface area contributed by atoms with E-state index < -0.39 is 24.1 Å². The summed E-state index contributed by atoms with van der Waals surface area (Å²) in [5.74, 6) is -0.498. The number of carbonyl (C=O) groups excluding carboxylic acids is 2. The summed E-state index contributed by atoms with van der Waals surface area (Å²) in [5.41, 5.74) is 4.50. The van der Waals surface area contributed by atoms with Crippen molar-refractivity contribution in [1.82, 2.24) is 10.2 Å². The number of nitrogens with zero attached hydrogens (tertiary/aromatic N) is 3. The number of amides is 3. The average molecular weight is 478 g/mol. The Labute approximate surface area is 203 Å². The van der Waals surface area contributed by atoms with Crippen molar-refractivity contribution in [3.05, 3.63) is 48.0 Å². The highest BCUT2D eigenvalue weighted by atomic mass is 16.5. The van der Waals surface area contributed by atoms with Crippen LogP contribution >= 0.6 is 0 Å². The molecule has 2 aromatic rings. The van der Waals surface area contributed by atoms with Crippen LogP contribution in [0, 0.1) is 11.3 Å². The van der Waals surface area contributed by atoms with Crippen LogP contribution in [0.3, 0.4) is 0 Å². The zero-order valence-electron chi connectivity index (χ0n) is 19.4. The topological polar surface area (TPSA) is 135 Å². The molecule has 1 saturated heterocycles. The molecule has 0 aromatic heterocycles. The van der Waals surface area contributed by atoms with Gasteiger partial charge in [0.2, 0.25) is 5.91 Å². The largest absolute Gasteiger partial charge is 0.465 e. The summed E-state index contributed by atoms with van der Waals surface area (Å²) in [6.07, 6.45) is -1.24. The van der Waals surface area contributed by atoms with Gasteiger partial charge in [0.1, 0.15) is 6.04 Å². The molecular weight excluding hydrogens is 450 g/mol. The van der Waals surface area contributed by atoms with Gasteiger partial charge in [0, 0.05) is 26.6 Å². The lowest BCUT2D eigenvalue weighted by Gasteiger charge is -2.27. The maximum Gasteiger partial charge on any atom is 0.407 e. The minimum Gasteiger partial charge on any atom is -0.465 e. The lowest BCUT2D eigenvalue weighted by Crippen LogP contribution is -2.47. The zero-order valence-corrected chi connectivity index (χ0v) is 19.4. The second kappa shape index (κ2) is 10.4. The number of carbonyl (C=O) groups is 3. The first-order valence-electron chi connectivity index (χ1n) is 11.4. The van der Waals surface area contributed by atoms with Gasteiger partial charge in [-0.25, -0.2) is 4.79 Å². The second-order valence-corrected chi connectivity index (χ2v) is 8.57. The Morgan fingerprint density at radius 2 is 2.00 bits per heavy atom. The molecule has 2 aliphatic heterocycles. The highest BCUT2D eigenvalue weighted by Gasteiger charge is 2.29. The van der Waals surface area contributed by atoms with Gasteiger partial charge in [0.05, 0.1) is 30.5 Å². The van der Waals surface area contributed by atoms with Gasteiger partial charge in [-0.2, -0.15) is 5.26 Å². The van der Waals surface area contributed by atoms with Crippen molar-refractivity contribution in [1.29, 1.82) is 5.26 Å². The van der Waals surface area contributed by atoms with Crippen LogP contribution in [0.4, 0.5) is 16.2 Å². The summed E-state index contributed by atoms with van der Waals surface area (Å²) in [5, 5.41) is 24.6. The molecule has 4 rings (SSSR count). The summed E-state index contributed by atoms with van der Waals surface area (Å²) in [7, 11) is 1.75. The van der Waals surface area contributed by atoms with Crippen molar-refractivity contribution in [3.63, 3.8) is 0 Å². The first-order chi connectivity index (χ1) is 16.9. The highest BCUT2D eigenvalue weighted by Crippen LogP contribution is 2.33. The van der Waals surface area contributed by atoms with Gasteiger partial charge in [-0.15, -0.1) is 0 Å². The fraction of sp³-hybridized carbons (Fsp3) is 0.360. The second-order valence-electron chi connectivity index (χ2n) is 8.57. The standard InChI is InChI=1S/C25H27N5O5/c1-29-21-12-18(7-8-20(21)27-14-23(29)31)17-5-3-16(4-6-17)11-19(13-26)28-24(32)22-15-30(25(33)34)9-2-10-35-22/h3-8,12,19,22,27H,2,9-11,14-15H2,1H3,(H,28,32)(H,33,34)/t19-,22-/m0/s1. The Morgan fingerprint density at radius 3 is 2.71 bits per heavy atom. The van der Waals surface area contributed by atoms with Crippen LogP contribution in [0.5, 0.6) is 0 Å². The number of rotatable bonds is 5. The maximum absolute atomic E-state index is 12.6. The average Bonchev–Trinajstić information content (AvgIpc) is 3.13. The van der Waals surface area contributed by atoms with Crippen molar-refractivity contribution in [2.75, 3.05) is 43.5 Å². The van der Waals surface area contributed by atoms with E-state index in [1.54, 1.807) is 11.9 Å². The number of likely N-dealkylation sites (N-methyl/N-ethyl adjacent to an activating group) is 1. The van der Waals surface area contributed by atoms with E-state index in [1.807, 2.05) is 42.5 Å². The van der Waals surface area contributed by atoms with E-state index in [9.17, 15) is 24.8 Å². The third-order valence-electron chi connectivity index (χ3n) is 6.20. The Morgan fingerprint density at radius 1 is 1.26 bits per heavy atom. The molecule has 2 atom stereocenters. The number of anilines is 2. The van der Waals surface area contributed by atoms with Crippen molar-refractivity contribution in [2.45, 2.75) is 25.0 Å². The Hall–Kier alpha value is -4.10. The summed E-state index contributed by atoms with van der Waals surface area (Å²) in [4.78, 5) is 38.7. The summed E-state index contributed by atoms with van der Waals surface area (Å²) in [6, 6.07) is 14.9. The third kappa shape index (κ3) is 5.53. The molecule has 10 nitrogen and oxygen atoms in total. The fourth-order valence-electron chi connectivity index (χ4n) is 4.18. The van der Waals surface area contributed by atoms with Crippen LogP contribution in [0.2, 0.25) is 0 Å². The van der Waals surface area contributed by atoms with Gasteiger partial charge >= 0.3 is 6.09 Å². The van der Waals surface area contributed by atoms with E-state index in [1.165, 1.54) is 0 Å². The van der Waals surface area contributed by atoms with Gasteiger partial charge in [0.25, 0.3) is 5.91 Å². The maximum atomic E-state index is 12.6. The number of carboxylic acid groups (broad SMARTS) is 1. The molecule has 0 bridgehead atoms. The van der Waals surface area contributed by atoms with E-state index in [0.717, 1.165) is 33.0 Å². The van der Waals surface area contributed by atoms with Crippen LogP contribution in [0.1, 0.15) is 12.0 Å². The predicted octanol–water partition coefficient (Wildman–Crippen LogP) is 2.06. The van der Waals surface area contributed by atoms with Crippen LogP contribution in [-0.4, -0.2) is 73.3 Å². The lowest BCUT2D eigenvalue weighted by molar-refractivity contribution is -0.133. The van der Waals surface area contributed by atoms with E-state index in [4.69, 9.17) is 4.74 Å². The van der Waals surface area contributed by atoms with Gasteiger partial charge in [0.15, 0.2) is 6.10 Å². The van der Waals surface area contributed by atoms with Gasteiger partial charge in [-0.3, -0.25) is 9.59 Å².